The highest BCUT2D eigenvalue weighted by Crippen LogP contribution is 2.31. The Morgan fingerprint density at radius 1 is 1.21 bits per heavy atom. The molecule has 8 heteroatoms. The van der Waals surface area contributed by atoms with Crippen molar-refractivity contribution in [2.24, 2.45) is 0 Å². The lowest BCUT2D eigenvalue weighted by Crippen LogP contribution is -2.52. The van der Waals surface area contributed by atoms with E-state index in [4.69, 9.17) is 9.47 Å². The van der Waals surface area contributed by atoms with Gasteiger partial charge in [0.15, 0.2) is 11.5 Å². The molecule has 2 aliphatic rings. The highest BCUT2D eigenvalue weighted by atomic mass is 32.2. The van der Waals surface area contributed by atoms with Gasteiger partial charge in [0.25, 0.3) is 5.91 Å². The topological polar surface area (TPSA) is 76.2 Å². The van der Waals surface area contributed by atoms with E-state index >= 15 is 0 Å². The van der Waals surface area contributed by atoms with Gasteiger partial charge in [-0.15, -0.1) is 0 Å². The average molecular weight is 354 g/mol. The number of rotatable bonds is 3. The van der Waals surface area contributed by atoms with E-state index in [2.05, 4.69) is 0 Å². The molecule has 1 fully saturated rings. The number of piperidine rings is 1. The van der Waals surface area contributed by atoms with Crippen molar-refractivity contribution in [1.29, 1.82) is 0 Å². The third-order valence-electron chi connectivity index (χ3n) is 4.60. The second-order valence-electron chi connectivity index (χ2n) is 6.20. The Balaban J connectivity index is 1.58. The van der Waals surface area contributed by atoms with Gasteiger partial charge in [0.2, 0.25) is 16.1 Å². The molecule has 132 valence electrons. The third kappa shape index (κ3) is 3.49. The summed E-state index contributed by atoms with van der Waals surface area (Å²) in [5.41, 5.74) is 0. The minimum atomic E-state index is -3.21. The summed E-state index contributed by atoms with van der Waals surface area (Å²) in [4.78, 5) is 14.4. The lowest BCUT2D eigenvalue weighted by molar-refractivity contribution is -0.142. The van der Waals surface area contributed by atoms with Crippen LogP contribution >= 0.6 is 0 Å². The van der Waals surface area contributed by atoms with Crippen LogP contribution in [0.15, 0.2) is 24.3 Å². The van der Waals surface area contributed by atoms with Gasteiger partial charge in [-0.05, 0) is 25.0 Å². The Morgan fingerprint density at radius 3 is 2.46 bits per heavy atom. The van der Waals surface area contributed by atoms with E-state index in [1.807, 2.05) is 18.2 Å². The molecule has 0 radical (unpaired) electrons. The predicted molar refractivity (Wildman–Crippen MR) is 88.6 cm³/mol. The van der Waals surface area contributed by atoms with Crippen molar-refractivity contribution in [2.45, 2.75) is 25.0 Å². The Kier molecular flexibility index (Phi) is 4.69. The fraction of sp³-hybridized carbons (Fsp3) is 0.562. The summed E-state index contributed by atoms with van der Waals surface area (Å²) in [5.74, 6) is 1.12. The van der Waals surface area contributed by atoms with Crippen LogP contribution in [0.1, 0.15) is 12.8 Å². The number of ether oxygens (including phenoxy) is 2. The summed E-state index contributed by atoms with van der Waals surface area (Å²) in [6, 6.07) is 7.22. The largest absolute Gasteiger partial charge is 0.485 e. The Hall–Kier alpha value is -1.80. The molecular formula is C16H22N2O5S. The monoisotopic (exact) mass is 354 g/mol. The molecule has 1 unspecified atom stereocenters. The van der Waals surface area contributed by atoms with E-state index < -0.39 is 16.1 Å². The summed E-state index contributed by atoms with van der Waals surface area (Å²) in [5, 5.41) is 0. The van der Waals surface area contributed by atoms with Crippen LogP contribution in [0.4, 0.5) is 0 Å². The van der Waals surface area contributed by atoms with Gasteiger partial charge in [-0.3, -0.25) is 4.79 Å². The molecular weight excluding hydrogens is 332 g/mol. The molecule has 0 aliphatic carbocycles. The zero-order valence-corrected chi connectivity index (χ0v) is 14.7. The number of hydrogen-bond acceptors (Lipinski definition) is 5. The number of carbonyl (C=O) groups excluding carboxylic acids is 1. The molecule has 1 saturated heterocycles. The van der Waals surface area contributed by atoms with Crippen LogP contribution in [0.25, 0.3) is 0 Å². The number of carbonyl (C=O) groups is 1. The molecule has 1 aromatic rings. The average Bonchev–Trinajstić information content (AvgIpc) is 2.59. The number of hydrogen-bond donors (Lipinski definition) is 0. The van der Waals surface area contributed by atoms with Crippen molar-refractivity contribution in [2.75, 3.05) is 33.0 Å². The number of amides is 1. The highest BCUT2D eigenvalue weighted by Gasteiger charge is 2.34. The van der Waals surface area contributed by atoms with Gasteiger partial charge in [0.1, 0.15) is 6.61 Å². The lowest BCUT2D eigenvalue weighted by atomic mass is 10.0. The van der Waals surface area contributed by atoms with Gasteiger partial charge in [-0.2, -0.15) is 0 Å². The lowest BCUT2D eigenvalue weighted by Gasteiger charge is -2.37. The van der Waals surface area contributed by atoms with Crippen LogP contribution in [0.2, 0.25) is 0 Å². The number of sulfonamides is 1. The molecule has 2 aliphatic heterocycles. The first-order valence-corrected chi connectivity index (χ1v) is 9.81. The van der Waals surface area contributed by atoms with Gasteiger partial charge in [0, 0.05) is 26.2 Å². The number of para-hydroxylation sites is 2. The fourth-order valence-electron chi connectivity index (χ4n) is 3.07. The molecule has 2 heterocycles. The van der Waals surface area contributed by atoms with Crippen LogP contribution in [0.5, 0.6) is 11.5 Å². The van der Waals surface area contributed by atoms with E-state index in [-0.39, 0.29) is 18.6 Å². The van der Waals surface area contributed by atoms with E-state index in [1.54, 1.807) is 18.0 Å². The van der Waals surface area contributed by atoms with Crippen LogP contribution in [-0.2, 0) is 14.8 Å². The summed E-state index contributed by atoms with van der Waals surface area (Å²) >= 11 is 0. The maximum atomic E-state index is 12.6. The van der Waals surface area contributed by atoms with Gasteiger partial charge in [-0.1, -0.05) is 12.1 Å². The van der Waals surface area contributed by atoms with E-state index in [0.717, 1.165) is 0 Å². The maximum absolute atomic E-state index is 12.6. The first-order valence-electron chi connectivity index (χ1n) is 7.96. The predicted octanol–water partition coefficient (Wildman–Crippen LogP) is 0.709. The SMILES string of the molecule is CN(C1CCN(C(=O)C2COc3ccccc3O2)CC1)S(C)(=O)=O. The van der Waals surface area contributed by atoms with Gasteiger partial charge >= 0.3 is 0 Å². The molecule has 1 atom stereocenters. The van der Waals surface area contributed by atoms with Crippen molar-refractivity contribution >= 4 is 15.9 Å². The minimum Gasteiger partial charge on any atom is -0.485 e. The van der Waals surface area contributed by atoms with Crippen molar-refractivity contribution in [1.82, 2.24) is 9.21 Å². The van der Waals surface area contributed by atoms with Crippen molar-refractivity contribution in [3.63, 3.8) is 0 Å². The summed E-state index contributed by atoms with van der Waals surface area (Å²) in [6.07, 6.45) is 1.80. The normalized spacial score (nSPS) is 21.8. The molecule has 0 aromatic heterocycles. The molecule has 7 nitrogen and oxygen atoms in total. The molecule has 1 amide bonds. The van der Waals surface area contributed by atoms with Crippen LogP contribution < -0.4 is 9.47 Å². The van der Waals surface area contributed by atoms with Crippen LogP contribution in [0.3, 0.4) is 0 Å². The first-order chi connectivity index (χ1) is 11.4. The fourth-order valence-corrected chi connectivity index (χ4v) is 3.82. The Bertz CT molecular complexity index is 713. The first kappa shape index (κ1) is 17.0. The van der Waals surface area contributed by atoms with E-state index in [9.17, 15) is 13.2 Å². The number of likely N-dealkylation sites (tertiary alicyclic amines) is 1. The van der Waals surface area contributed by atoms with Crippen molar-refractivity contribution in [3.05, 3.63) is 24.3 Å². The van der Waals surface area contributed by atoms with Gasteiger partial charge in [0.05, 0.1) is 6.26 Å². The maximum Gasteiger partial charge on any atom is 0.267 e. The molecule has 0 saturated carbocycles. The molecule has 24 heavy (non-hydrogen) atoms. The highest BCUT2D eigenvalue weighted by molar-refractivity contribution is 7.88. The smallest absolute Gasteiger partial charge is 0.267 e. The van der Waals surface area contributed by atoms with Gasteiger partial charge < -0.3 is 14.4 Å². The zero-order valence-electron chi connectivity index (χ0n) is 13.8. The molecule has 0 N–H and O–H groups in total. The summed E-state index contributed by atoms with van der Waals surface area (Å²) in [6.45, 7) is 1.23. The number of nitrogens with zero attached hydrogens (tertiary/aromatic N) is 2. The quantitative estimate of drug-likeness (QED) is 0.799. The molecule has 0 bridgehead atoms. The Morgan fingerprint density at radius 2 is 1.83 bits per heavy atom. The van der Waals surface area contributed by atoms with Crippen LogP contribution in [0, 0.1) is 0 Å². The summed E-state index contributed by atoms with van der Waals surface area (Å²) in [7, 11) is -1.62. The van der Waals surface area contributed by atoms with E-state index in [1.165, 1.54) is 10.6 Å². The van der Waals surface area contributed by atoms with Crippen LogP contribution in [-0.4, -0.2) is 68.7 Å². The molecule has 1 aromatic carbocycles. The minimum absolute atomic E-state index is 0.0618. The number of benzene rings is 1. The van der Waals surface area contributed by atoms with Gasteiger partial charge in [-0.25, -0.2) is 12.7 Å². The second kappa shape index (κ2) is 6.60. The standard InChI is InChI=1S/C16H22N2O5S/c1-17(24(2,20)21)12-7-9-18(10-8-12)16(19)15-11-22-13-5-3-4-6-14(13)23-15/h3-6,12,15H,7-11H2,1-2H3. The van der Waals surface area contributed by atoms with E-state index in [0.29, 0.717) is 37.4 Å². The molecule has 0 spiro atoms. The Labute approximate surface area is 142 Å². The van der Waals surface area contributed by atoms with Crippen molar-refractivity contribution < 1.29 is 22.7 Å². The second-order valence-corrected chi connectivity index (χ2v) is 8.24. The zero-order chi connectivity index (χ0) is 17.3. The summed E-state index contributed by atoms with van der Waals surface area (Å²) < 4.78 is 36.0. The van der Waals surface area contributed by atoms with Crippen molar-refractivity contribution in [3.8, 4) is 11.5 Å². The molecule has 3 rings (SSSR count). The third-order valence-corrected chi connectivity index (χ3v) is 5.94. The number of fused-ring (bicyclic) bond motifs is 1.